The highest BCUT2D eigenvalue weighted by atomic mass is 16.6. The Labute approximate surface area is 153 Å². The van der Waals surface area contributed by atoms with Gasteiger partial charge in [0.1, 0.15) is 5.60 Å². The average Bonchev–Trinajstić information content (AvgIpc) is 2.86. The number of hydrogen-bond acceptors (Lipinski definition) is 2. The molecule has 1 aliphatic carbocycles. The Morgan fingerprint density at radius 3 is 2.50 bits per heavy atom. The molecule has 4 rings (SSSR count). The van der Waals surface area contributed by atoms with Crippen LogP contribution in [0.5, 0.6) is 0 Å². The highest BCUT2D eigenvalue weighted by molar-refractivity contribution is 6.06. The standard InChI is InChI=1S/C23H23NO2/c1-15-13-14-16-9-5-6-10-17(16)21-20(15)18-11-7-8-12-19(18)24(21)22(25)26-23(2,3)4/h5-12H,1,13-14H2,2-4H3. The molecule has 0 amide bonds. The van der Waals surface area contributed by atoms with Crippen LogP contribution < -0.4 is 0 Å². The number of aryl methyl sites for hydroxylation is 1. The molecule has 132 valence electrons. The Hall–Kier alpha value is -2.81. The van der Waals surface area contributed by atoms with Crippen molar-refractivity contribution in [2.75, 3.05) is 0 Å². The topological polar surface area (TPSA) is 31.2 Å². The van der Waals surface area contributed by atoms with Crippen molar-refractivity contribution in [2.45, 2.75) is 39.2 Å². The maximum Gasteiger partial charge on any atom is 0.419 e. The molecule has 0 unspecified atom stereocenters. The van der Waals surface area contributed by atoms with Gasteiger partial charge < -0.3 is 4.74 Å². The van der Waals surface area contributed by atoms with Gasteiger partial charge in [0.05, 0.1) is 11.2 Å². The number of para-hydroxylation sites is 1. The first-order valence-corrected chi connectivity index (χ1v) is 9.00. The summed E-state index contributed by atoms with van der Waals surface area (Å²) in [5.74, 6) is 0. The van der Waals surface area contributed by atoms with Crippen molar-refractivity contribution in [2.24, 2.45) is 0 Å². The van der Waals surface area contributed by atoms with E-state index in [9.17, 15) is 4.79 Å². The van der Waals surface area contributed by atoms with Crippen LogP contribution in [0.4, 0.5) is 4.79 Å². The Kier molecular flexibility index (Phi) is 3.76. The lowest BCUT2D eigenvalue weighted by molar-refractivity contribution is 0.0547. The third-order valence-electron chi connectivity index (χ3n) is 4.77. The number of rotatable bonds is 0. The van der Waals surface area contributed by atoms with Gasteiger partial charge in [0.2, 0.25) is 0 Å². The minimum Gasteiger partial charge on any atom is -0.443 e. The molecule has 1 aromatic heterocycles. The van der Waals surface area contributed by atoms with Gasteiger partial charge in [-0.3, -0.25) is 0 Å². The van der Waals surface area contributed by atoms with Crippen molar-refractivity contribution in [3.63, 3.8) is 0 Å². The summed E-state index contributed by atoms with van der Waals surface area (Å²) in [6.07, 6.45) is 1.46. The van der Waals surface area contributed by atoms with E-state index in [0.717, 1.165) is 46.1 Å². The van der Waals surface area contributed by atoms with E-state index >= 15 is 0 Å². The molecule has 0 fully saturated rings. The number of nitrogens with zero attached hydrogens (tertiary/aromatic N) is 1. The van der Waals surface area contributed by atoms with Crippen LogP contribution in [-0.2, 0) is 11.2 Å². The summed E-state index contributed by atoms with van der Waals surface area (Å²) in [4.78, 5) is 13.1. The quantitative estimate of drug-likeness (QED) is 0.496. The molecule has 0 aliphatic heterocycles. The molecular weight excluding hydrogens is 322 g/mol. The molecule has 0 radical (unpaired) electrons. The van der Waals surface area contributed by atoms with Crippen LogP contribution in [-0.4, -0.2) is 16.3 Å². The molecule has 0 atom stereocenters. The Morgan fingerprint density at radius 2 is 1.73 bits per heavy atom. The molecule has 0 bridgehead atoms. The predicted octanol–water partition coefficient (Wildman–Crippen LogP) is 6.05. The van der Waals surface area contributed by atoms with Gasteiger partial charge >= 0.3 is 6.09 Å². The molecule has 0 saturated heterocycles. The van der Waals surface area contributed by atoms with Crippen molar-refractivity contribution < 1.29 is 9.53 Å². The number of aromatic nitrogens is 1. The van der Waals surface area contributed by atoms with Gasteiger partial charge in [-0.2, -0.15) is 0 Å². The number of fused-ring (bicyclic) bond motifs is 5. The van der Waals surface area contributed by atoms with E-state index in [-0.39, 0.29) is 6.09 Å². The summed E-state index contributed by atoms with van der Waals surface area (Å²) >= 11 is 0. The van der Waals surface area contributed by atoms with Crippen molar-refractivity contribution in [3.8, 4) is 11.3 Å². The number of carbonyl (C=O) groups is 1. The summed E-state index contributed by atoms with van der Waals surface area (Å²) < 4.78 is 7.47. The predicted molar refractivity (Wildman–Crippen MR) is 106 cm³/mol. The maximum absolute atomic E-state index is 13.1. The van der Waals surface area contributed by atoms with Crippen LogP contribution in [0.25, 0.3) is 27.7 Å². The van der Waals surface area contributed by atoms with Crippen LogP contribution in [0.3, 0.4) is 0 Å². The van der Waals surface area contributed by atoms with E-state index < -0.39 is 5.60 Å². The van der Waals surface area contributed by atoms with E-state index in [1.807, 2.05) is 51.1 Å². The fourth-order valence-electron chi connectivity index (χ4n) is 3.73. The lowest BCUT2D eigenvalue weighted by Crippen LogP contribution is -2.27. The van der Waals surface area contributed by atoms with Gasteiger partial charge in [0.15, 0.2) is 0 Å². The normalized spacial score (nSPS) is 13.9. The van der Waals surface area contributed by atoms with Crippen molar-refractivity contribution in [1.82, 2.24) is 4.57 Å². The number of carbonyl (C=O) groups excluding carboxylic acids is 1. The molecule has 2 aromatic carbocycles. The summed E-state index contributed by atoms with van der Waals surface area (Å²) in [6, 6.07) is 16.3. The molecular formula is C23H23NO2. The van der Waals surface area contributed by atoms with Crippen molar-refractivity contribution in [1.29, 1.82) is 0 Å². The second-order valence-electron chi connectivity index (χ2n) is 7.82. The Morgan fingerprint density at radius 1 is 1.04 bits per heavy atom. The molecule has 3 heteroatoms. The molecule has 1 heterocycles. The van der Waals surface area contributed by atoms with E-state index in [1.54, 1.807) is 4.57 Å². The molecule has 3 aromatic rings. The zero-order valence-corrected chi connectivity index (χ0v) is 15.5. The van der Waals surface area contributed by atoms with Gasteiger partial charge in [0.25, 0.3) is 0 Å². The van der Waals surface area contributed by atoms with E-state index in [0.29, 0.717) is 0 Å². The lowest BCUT2D eigenvalue weighted by atomic mass is 10.0. The highest BCUT2D eigenvalue weighted by Gasteiger charge is 2.29. The second kappa shape index (κ2) is 5.87. The maximum atomic E-state index is 13.1. The first-order chi connectivity index (χ1) is 12.4. The molecule has 0 N–H and O–H groups in total. The zero-order chi connectivity index (χ0) is 18.5. The van der Waals surface area contributed by atoms with Crippen LogP contribution in [0.1, 0.15) is 38.3 Å². The highest BCUT2D eigenvalue weighted by Crippen LogP contribution is 2.43. The lowest BCUT2D eigenvalue weighted by Gasteiger charge is -2.21. The Bertz CT molecular complexity index is 1030. The number of ether oxygens (including phenoxy) is 1. The second-order valence-corrected chi connectivity index (χ2v) is 7.82. The first kappa shape index (κ1) is 16.6. The minimum absolute atomic E-state index is 0.348. The number of benzene rings is 2. The summed E-state index contributed by atoms with van der Waals surface area (Å²) in [5.41, 5.74) is 5.66. The Balaban J connectivity index is 2.09. The van der Waals surface area contributed by atoms with Gasteiger partial charge in [-0.25, -0.2) is 9.36 Å². The summed E-state index contributed by atoms with van der Waals surface area (Å²) in [6.45, 7) is 10.0. The van der Waals surface area contributed by atoms with E-state index in [4.69, 9.17) is 4.74 Å². The fraction of sp³-hybridized carbons (Fsp3) is 0.261. The molecule has 0 saturated carbocycles. The third-order valence-corrected chi connectivity index (χ3v) is 4.77. The van der Waals surface area contributed by atoms with Crippen LogP contribution in [0.15, 0.2) is 55.1 Å². The smallest absolute Gasteiger partial charge is 0.419 e. The number of hydrogen-bond donors (Lipinski definition) is 0. The van der Waals surface area contributed by atoms with Gasteiger partial charge in [-0.05, 0) is 50.8 Å². The third kappa shape index (κ3) is 2.64. The SMILES string of the molecule is C=C1CCc2ccccc2-c2c1c1ccccc1n2C(=O)OC(C)(C)C. The van der Waals surface area contributed by atoms with Crippen LogP contribution in [0, 0.1) is 0 Å². The molecule has 3 nitrogen and oxygen atoms in total. The van der Waals surface area contributed by atoms with Crippen LogP contribution >= 0.6 is 0 Å². The molecule has 0 spiro atoms. The molecule has 1 aliphatic rings. The average molecular weight is 345 g/mol. The van der Waals surface area contributed by atoms with Crippen molar-refractivity contribution >= 4 is 22.6 Å². The summed E-state index contributed by atoms with van der Waals surface area (Å²) in [7, 11) is 0. The molecule has 26 heavy (non-hydrogen) atoms. The van der Waals surface area contributed by atoms with Crippen molar-refractivity contribution in [3.05, 3.63) is 66.2 Å². The monoisotopic (exact) mass is 345 g/mol. The largest absolute Gasteiger partial charge is 0.443 e. The number of allylic oxidation sites excluding steroid dienone is 1. The van der Waals surface area contributed by atoms with Gasteiger partial charge in [0, 0.05) is 16.5 Å². The van der Waals surface area contributed by atoms with Crippen LogP contribution in [0.2, 0.25) is 0 Å². The van der Waals surface area contributed by atoms with Gasteiger partial charge in [-0.1, -0.05) is 49.0 Å². The first-order valence-electron chi connectivity index (χ1n) is 9.00. The fourth-order valence-corrected chi connectivity index (χ4v) is 3.73. The van der Waals surface area contributed by atoms with Gasteiger partial charge in [-0.15, -0.1) is 0 Å². The van der Waals surface area contributed by atoms with E-state index in [2.05, 4.69) is 24.8 Å². The zero-order valence-electron chi connectivity index (χ0n) is 15.5. The summed E-state index contributed by atoms with van der Waals surface area (Å²) in [5, 5.41) is 1.05. The minimum atomic E-state index is -0.559. The van der Waals surface area contributed by atoms with E-state index in [1.165, 1.54) is 5.56 Å².